The summed E-state index contributed by atoms with van der Waals surface area (Å²) in [5.74, 6) is -1.62. The summed E-state index contributed by atoms with van der Waals surface area (Å²) in [6.45, 7) is 2.49. The largest absolute Gasteiger partial charge is 0.352 e. The number of anilines is 1. The Morgan fingerprint density at radius 1 is 1.00 bits per heavy atom. The zero-order chi connectivity index (χ0) is 29.7. The van der Waals surface area contributed by atoms with Gasteiger partial charge in [0.25, 0.3) is 10.0 Å². The van der Waals surface area contributed by atoms with E-state index in [0.29, 0.717) is 0 Å². The Kier molecular flexibility index (Phi) is 9.94. The van der Waals surface area contributed by atoms with Crippen LogP contribution in [0.15, 0.2) is 71.6 Å². The van der Waals surface area contributed by atoms with E-state index >= 15 is 0 Å². The number of aryl methyl sites for hydroxylation is 1. The number of nitrogens with one attached hydrogen (secondary N) is 1. The third-order valence-electron chi connectivity index (χ3n) is 7.25. The summed E-state index contributed by atoms with van der Waals surface area (Å²) in [6.07, 6.45) is 3.71. The average Bonchev–Trinajstić information content (AvgIpc) is 3.45. The molecule has 0 spiro atoms. The van der Waals surface area contributed by atoms with Gasteiger partial charge in [0, 0.05) is 18.2 Å². The lowest BCUT2D eigenvalue weighted by atomic mass is 10.1. The highest BCUT2D eigenvalue weighted by molar-refractivity contribution is 7.92. The molecule has 11 heteroatoms. The molecule has 0 saturated heterocycles. The minimum absolute atomic E-state index is 0.00462. The number of rotatable bonds is 10. The normalized spacial score (nSPS) is 14.5. The van der Waals surface area contributed by atoms with E-state index in [1.165, 1.54) is 53.4 Å². The Morgan fingerprint density at radius 3 is 2.29 bits per heavy atom. The summed E-state index contributed by atoms with van der Waals surface area (Å²) in [5, 5.41) is 3.30. The zero-order valence-corrected chi connectivity index (χ0v) is 25.1. The van der Waals surface area contributed by atoms with E-state index in [9.17, 15) is 22.4 Å². The lowest BCUT2D eigenvalue weighted by Crippen LogP contribution is -2.52. The zero-order valence-electron chi connectivity index (χ0n) is 22.8. The molecule has 0 bridgehead atoms. The van der Waals surface area contributed by atoms with Crippen LogP contribution in [0.2, 0.25) is 10.0 Å². The van der Waals surface area contributed by atoms with Crippen LogP contribution in [0.1, 0.15) is 43.7 Å². The smallest absolute Gasteiger partial charge is 0.264 e. The first-order valence-corrected chi connectivity index (χ1v) is 15.5. The molecule has 0 heterocycles. The summed E-state index contributed by atoms with van der Waals surface area (Å²) in [7, 11) is -4.27. The predicted molar refractivity (Wildman–Crippen MR) is 159 cm³/mol. The molecule has 1 fully saturated rings. The molecule has 1 aliphatic rings. The molecule has 1 atom stereocenters. The van der Waals surface area contributed by atoms with Gasteiger partial charge in [0.15, 0.2) is 0 Å². The topological polar surface area (TPSA) is 86.8 Å². The molecule has 2 amide bonds. The van der Waals surface area contributed by atoms with Crippen molar-refractivity contribution in [2.75, 3.05) is 10.8 Å². The van der Waals surface area contributed by atoms with Crippen molar-refractivity contribution in [2.45, 2.75) is 63.1 Å². The van der Waals surface area contributed by atoms with Crippen LogP contribution in [0.25, 0.3) is 0 Å². The number of carbonyl (C=O) groups is 2. The van der Waals surface area contributed by atoms with Crippen LogP contribution in [0, 0.1) is 12.7 Å². The van der Waals surface area contributed by atoms with E-state index in [1.54, 1.807) is 25.1 Å². The second-order valence-corrected chi connectivity index (χ2v) is 12.9. The standard InChI is InChI=1S/C30H32Cl2FN3O4S/c1-20-11-14-25(15-12-20)41(39,40)36(24-13-16-26(31)27(32)17-24)19-29(37)35(18-22-7-3-6-10-28(22)33)21(2)30(38)34-23-8-4-5-9-23/h3,6-7,10-17,21,23H,4-5,8-9,18-19H2,1-2H3,(H,34,38)/t21-/m1/s1. The summed E-state index contributed by atoms with van der Waals surface area (Å²) >= 11 is 12.3. The van der Waals surface area contributed by atoms with Crippen molar-refractivity contribution in [3.8, 4) is 0 Å². The Labute approximate surface area is 250 Å². The Balaban J connectivity index is 1.71. The van der Waals surface area contributed by atoms with E-state index < -0.39 is 34.3 Å². The molecule has 0 unspecified atom stereocenters. The van der Waals surface area contributed by atoms with Crippen LogP contribution < -0.4 is 9.62 Å². The van der Waals surface area contributed by atoms with Crippen molar-refractivity contribution < 1.29 is 22.4 Å². The van der Waals surface area contributed by atoms with E-state index in [0.717, 1.165) is 35.6 Å². The van der Waals surface area contributed by atoms with Gasteiger partial charge in [-0.1, -0.05) is 71.9 Å². The molecular formula is C30H32Cl2FN3O4S. The molecular weight excluding hydrogens is 588 g/mol. The minimum atomic E-state index is -4.27. The Bertz CT molecular complexity index is 1510. The fourth-order valence-electron chi connectivity index (χ4n) is 4.79. The maximum absolute atomic E-state index is 14.7. The number of benzene rings is 3. The quantitative estimate of drug-likeness (QED) is 0.296. The highest BCUT2D eigenvalue weighted by atomic mass is 35.5. The molecule has 3 aromatic carbocycles. The van der Waals surface area contributed by atoms with Gasteiger partial charge in [-0.3, -0.25) is 13.9 Å². The number of carbonyl (C=O) groups excluding carboxylic acids is 2. The van der Waals surface area contributed by atoms with Crippen molar-refractivity contribution in [1.29, 1.82) is 0 Å². The number of amides is 2. The number of sulfonamides is 1. The van der Waals surface area contributed by atoms with Gasteiger partial charge in [-0.2, -0.15) is 0 Å². The lowest BCUT2D eigenvalue weighted by molar-refractivity contribution is -0.139. The number of nitrogens with zero attached hydrogens (tertiary/aromatic N) is 2. The van der Waals surface area contributed by atoms with Gasteiger partial charge >= 0.3 is 0 Å². The monoisotopic (exact) mass is 619 g/mol. The SMILES string of the molecule is Cc1ccc(S(=O)(=O)N(CC(=O)N(Cc2ccccc2F)[C@H](C)C(=O)NC2CCCC2)c2ccc(Cl)c(Cl)c2)cc1. The fourth-order valence-corrected chi connectivity index (χ4v) is 6.49. The molecule has 218 valence electrons. The van der Waals surface area contributed by atoms with Crippen LogP contribution in [0.3, 0.4) is 0 Å². The highest BCUT2D eigenvalue weighted by Crippen LogP contribution is 2.31. The minimum Gasteiger partial charge on any atom is -0.352 e. The van der Waals surface area contributed by atoms with E-state index in [-0.39, 0.29) is 44.7 Å². The second kappa shape index (κ2) is 13.2. The molecule has 4 rings (SSSR count). The van der Waals surface area contributed by atoms with Crippen LogP contribution >= 0.6 is 23.2 Å². The van der Waals surface area contributed by atoms with Gasteiger partial charge in [0.05, 0.1) is 20.6 Å². The first kappa shape index (κ1) is 30.8. The Hall–Kier alpha value is -3.14. The highest BCUT2D eigenvalue weighted by Gasteiger charge is 2.34. The molecule has 7 nitrogen and oxygen atoms in total. The van der Waals surface area contributed by atoms with Crippen LogP contribution in [-0.2, 0) is 26.2 Å². The fraction of sp³-hybridized carbons (Fsp3) is 0.333. The van der Waals surface area contributed by atoms with Crippen molar-refractivity contribution in [1.82, 2.24) is 10.2 Å². The summed E-state index contributed by atoms with van der Waals surface area (Å²) < 4.78 is 43.4. The molecule has 0 aromatic heterocycles. The van der Waals surface area contributed by atoms with E-state index in [2.05, 4.69) is 5.32 Å². The summed E-state index contributed by atoms with van der Waals surface area (Å²) in [6, 6.07) is 15.4. The Morgan fingerprint density at radius 2 is 1.66 bits per heavy atom. The van der Waals surface area contributed by atoms with Gasteiger partial charge in [-0.05, 0) is 63.1 Å². The van der Waals surface area contributed by atoms with Crippen molar-refractivity contribution in [3.05, 3.63) is 93.7 Å². The predicted octanol–water partition coefficient (Wildman–Crippen LogP) is 6.11. The number of halogens is 3. The molecule has 41 heavy (non-hydrogen) atoms. The van der Waals surface area contributed by atoms with Gasteiger partial charge < -0.3 is 10.2 Å². The van der Waals surface area contributed by atoms with Crippen molar-refractivity contribution in [3.63, 3.8) is 0 Å². The van der Waals surface area contributed by atoms with E-state index in [1.807, 2.05) is 6.92 Å². The molecule has 0 aliphatic heterocycles. The van der Waals surface area contributed by atoms with E-state index in [4.69, 9.17) is 23.2 Å². The molecule has 1 aliphatic carbocycles. The van der Waals surface area contributed by atoms with Crippen molar-refractivity contribution >= 4 is 50.7 Å². The number of hydrogen-bond donors (Lipinski definition) is 1. The third kappa shape index (κ3) is 7.39. The van der Waals surface area contributed by atoms with Gasteiger partial charge in [0.2, 0.25) is 11.8 Å². The van der Waals surface area contributed by atoms with Gasteiger partial charge in [-0.15, -0.1) is 0 Å². The summed E-state index contributed by atoms with van der Waals surface area (Å²) in [4.78, 5) is 28.4. The first-order chi connectivity index (χ1) is 19.5. The van der Waals surface area contributed by atoms with Gasteiger partial charge in [0.1, 0.15) is 18.4 Å². The maximum atomic E-state index is 14.7. The van der Waals surface area contributed by atoms with Crippen LogP contribution in [0.4, 0.5) is 10.1 Å². The average molecular weight is 621 g/mol. The lowest BCUT2D eigenvalue weighted by Gasteiger charge is -2.32. The van der Waals surface area contributed by atoms with Crippen molar-refractivity contribution in [2.24, 2.45) is 0 Å². The summed E-state index contributed by atoms with van der Waals surface area (Å²) in [5.41, 5.74) is 1.17. The molecule has 1 saturated carbocycles. The van der Waals surface area contributed by atoms with Gasteiger partial charge in [-0.25, -0.2) is 12.8 Å². The first-order valence-electron chi connectivity index (χ1n) is 13.3. The molecule has 3 aromatic rings. The van der Waals surface area contributed by atoms with Crippen LogP contribution in [-0.4, -0.2) is 43.8 Å². The number of hydrogen-bond acceptors (Lipinski definition) is 4. The molecule has 0 radical (unpaired) electrons. The molecule has 1 N–H and O–H groups in total. The maximum Gasteiger partial charge on any atom is 0.264 e. The third-order valence-corrected chi connectivity index (χ3v) is 9.77. The van der Waals surface area contributed by atoms with Crippen LogP contribution in [0.5, 0.6) is 0 Å². The second-order valence-electron chi connectivity index (χ2n) is 10.2.